The van der Waals surface area contributed by atoms with Crippen molar-refractivity contribution in [3.05, 3.63) is 34.1 Å². The molecule has 0 fully saturated rings. The fraction of sp³-hybridized carbons (Fsp3) is 0.250. The summed E-state index contributed by atoms with van der Waals surface area (Å²) in [6, 6.07) is 5.40. The number of carboxylic acid groups (broad SMARTS) is 1. The van der Waals surface area contributed by atoms with Crippen molar-refractivity contribution < 1.29 is 9.90 Å². The van der Waals surface area contributed by atoms with Gasteiger partial charge in [0, 0.05) is 12.8 Å². The summed E-state index contributed by atoms with van der Waals surface area (Å²) >= 11 is 0.978. The molecule has 0 amide bonds. The minimum absolute atomic E-state index is 0.176. The molecule has 0 N–H and O–H groups in total. The van der Waals surface area contributed by atoms with Crippen LogP contribution in [-0.4, -0.2) is 21.3 Å². The van der Waals surface area contributed by atoms with Gasteiger partial charge in [-0.15, -0.1) is 0 Å². The molecule has 0 aliphatic carbocycles. The van der Waals surface area contributed by atoms with E-state index in [9.17, 15) is 14.7 Å². The lowest BCUT2D eigenvalue weighted by molar-refractivity contribution is -0.301. The lowest BCUT2D eigenvalue weighted by Gasteiger charge is -2.09. The molecule has 18 heavy (non-hydrogen) atoms. The van der Waals surface area contributed by atoms with E-state index in [1.807, 2.05) is 13.0 Å². The lowest BCUT2D eigenvalue weighted by Crippen LogP contribution is -2.26. The summed E-state index contributed by atoms with van der Waals surface area (Å²) in [7, 11) is 1.58. The molecule has 2 aromatic rings. The van der Waals surface area contributed by atoms with Crippen LogP contribution in [0.2, 0.25) is 0 Å². The van der Waals surface area contributed by atoms with Crippen molar-refractivity contribution in [1.82, 2.24) is 9.55 Å². The van der Waals surface area contributed by atoms with Gasteiger partial charge in [0.05, 0.1) is 16.9 Å². The molecule has 0 bridgehead atoms. The average Bonchev–Trinajstić information content (AvgIpc) is 2.32. The average molecular weight is 263 g/mol. The molecule has 6 heteroatoms. The zero-order valence-electron chi connectivity index (χ0n) is 9.97. The Kier molecular flexibility index (Phi) is 3.38. The van der Waals surface area contributed by atoms with Gasteiger partial charge in [-0.2, -0.15) is 0 Å². The standard InChI is InChI=1S/C12H12N2O3S/c1-7-3-4-9-8(5-7)11(17)14(2)12(13-9)18-6-10(15)16/h3-5H,6H2,1-2H3,(H,15,16)/p-1. The monoisotopic (exact) mass is 263 g/mol. The Labute approximate surface area is 107 Å². The molecule has 0 spiro atoms. The van der Waals surface area contributed by atoms with E-state index < -0.39 is 5.97 Å². The van der Waals surface area contributed by atoms with Gasteiger partial charge in [0.15, 0.2) is 5.16 Å². The molecular formula is C12H11N2O3S-. The summed E-state index contributed by atoms with van der Waals surface area (Å²) in [5.41, 5.74) is 1.38. The van der Waals surface area contributed by atoms with Crippen molar-refractivity contribution in [2.45, 2.75) is 12.1 Å². The van der Waals surface area contributed by atoms with Crippen LogP contribution in [0, 0.1) is 6.92 Å². The quantitative estimate of drug-likeness (QED) is 0.579. The molecule has 0 unspecified atom stereocenters. The van der Waals surface area contributed by atoms with Crippen LogP contribution in [0.25, 0.3) is 10.9 Å². The molecule has 0 aliphatic heterocycles. The highest BCUT2D eigenvalue weighted by Crippen LogP contribution is 2.17. The predicted molar refractivity (Wildman–Crippen MR) is 67.5 cm³/mol. The van der Waals surface area contributed by atoms with Crippen molar-refractivity contribution in [2.24, 2.45) is 7.05 Å². The van der Waals surface area contributed by atoms with Crippen LogP contribution in [0.1, 0.15) is 5.56 Å². The van der Waals surface area contributed by atoms with Crippen molar-refractivity contribution in [3.8, 4) is 0 Å². The van der Waals surface area contributed by atoms with E-state index in [0.717, 1.165) is 17.3 Å². The second-order valence-corrected chi connectivity index (χ2v) is 4.88. The van der Waals surface area contributed by atoms with Crippen LogP contribution < -0.4 is 10.7 Å². The first-order valence-corrected chi connectivity index (χ1v) is 6.27. The van der Waals surface area contributed by atoms with Gasteiger partial charge in [-0.05, 0) is 19.1 Å². The van der Waals surface area contributed by atoms with Gasteiger partial charge >= 0.3 is 0 Å². The van der Waals surface area contributed by atoms with E-state index in [4.69, 9.17) is 0 Å². The third kappa shape index (κ3) is 2.38. The molecule has 5 nitrogen and oxygen atoms in total. The summed E-state index contributed by atoms with van der Waals surface area (Å²) in [5.74, 6) is -1.41. The van der Waals surface area contributed by atoms with Crippen LogP contribution in [0.15, 0.2) is 28.2 Å². The third-order valence-corrected chi connectivity index (χ3v) is 3.51. The van der Waals surface area contributed by atoms with Gasteiger partial charge in [0.2, 0.25) is 0 Å². The minimum Gasteiger partial charge on any atom is -0.549 e. The smallest absolute Gasteiger partial charge is 0.261 e. The third-order valence-electron chi connectivity index (χ3n) is 2.51. The number of benzene rings is 1. The zero-order valence-corrected chi connectivity index (χ0v) is 10.8. The van der Waals surface area contributed by atoms with Gasteiger partial charge in [-0.25, -0.2) is 4.98 Å². The van der Waals surface area contributed by atoms with Crippen molar-refractivity contribution in [2.75, 3.05) is 5.75 Å². The zero-order chi connectivity index (χ0) is 13.3. The second kappa shape index (κ2) is 4.81. The van der Waals surface area contributed by atoms with Gasteiger partial charge in [-0.3, -0.25) is 9.36 Å². The Bertz CT molecular complexity index is 679. The largest absolute Gasteiger partial charge is 0.549 e. The lowest BCUT2D eigenvalue weighted by atomic mass is 10.2. The normalized spacial score (nSPS) is 10.8. The maximum atomic E-state index is 12.1. The van der Waals surface area contributed by atoms with Crippen LogP contribution in [0.3, 0.4) is 0 Å². The molecule has 1 heterocycles. The molecule has 1 aromatic carbocycles. The summed E-state index contributed by atoms with van der Waals surface area (Å²) in [4.78, 5) is 26.8. The highest BCUT2D eigenvalue weighted by atomic mass is 32.2. The predicted octanol–water partition coefficient (Wildman–Crippen LogP) is 0.0839. The molecule has 0 aliphatic rings. The fourth-order valence-electron chi connectivity index (χ4n) is 1.62. The first-order chi connectivity index (χ1) is 8.49. The Morgan fingerprint density at radius 1 is 1.50 bits per heavy atom. The van der Waals surface area contributed by atoms with Crippen LogP contribution in [0.4, 0.5) is 0 Å². The minimum atomic E-state index is -1.18. The summed E-state index contributed by atoms with van der Waals surface area (Å²) in [6.07, 6.45) is 0. The van der Waals surface area contributed by atoms with E-state index in [-0.39, 0.29) is 11.3 Å². The molecular weight excluding hydrogens is 252 g/mol. The number of nitrogens with zero attached hydrogens (tertiary/aromatic N) is 2. The number of carboxylic acids is 1. The number of hydrogen-bond acceptors (Lipinski definition) is 5. The molecule has 2 rings (SSSR count). The topological polar surface area (TPSA) is 75.0 Å². The molecule has 0 saturated heterocycles. The van der Waals surface area contributed by atoms with Crippen LogP contribution >= 0.6 is 11.8 Å². The van der Waals surface area contributed by atoms with Crippen molar-refractivity contribution in [1.29, 1.82) is 0 Å². The summed E-state index contributed by atoms with van der Waals surface area (Å²) < 4.78 is 1.36. The second-order valence-electron chi connectivity index (χ2n) is 3.94. The van der Waals surface area contributed by atoms with Crippen LogP contribution in [0.5, 0.6) is 0 Å². The molecule has 0 radical (unpaired) electrons. The number of carbonyl (C=O) groups is 1. The van der Waals surface area contributed by atoms with Gasteiger partial charge in [-0.1, -0.05) is 23.4 Å². The van der Waals surface area contributed by atoms with E-state index in [0.29, 0.717) is 16.1 Å². The van der Waals surface area contributed by atoms with E-state index in [1.54, 1.807) is 19.2 Å². The summed E-state index contributed by atoms with van der Waals surface area (Å²) in [5, 5.41) is 11.3. The first kappa shape index (κ1) is 12.6. The Balaban J connectivity index is 2.57. The Morgan fingerprint density at radius 3 is 2.89 bits per heavy atom. The first-order valence-electron chi connectivity index (χ1n) is 5.29. The van der Waals surface area contributed by atoms with Gasteiger partial charge in [0.1, 0.15) is 0 Å². The van der Waals surface area contributed by atoms with Crippen LogP contribution in [-0.2, 0) is 11.8 Å². The highest BCUT2D eigenvalue weighted by molar-refractivity contribution is 7.99. The molecule has 0 atom stereocenters. The van der Waals surface area contributed by atoms with E-state index in [1.165, 1.54) is 4.57 Å². The maximum absolute atomic E-state index is 12.1. The number of thioether (sulfide) groups is 1. The molecule has 0 saturated carbocycles. The van der Waals surface area contributed by atoms with Crippen molar-refractivity contribution in [3.63, 3.8) is 0 Å². The molecule has 1 aromatic heterocycles. The van der Waals surface area contributed by atoms with Gasteiger partial charge < -0.3 is 9.90 Å². The molecule has 94 valence electrons. The summed E-state index contributed by atoms with van der Waals surface area (Å²) in [6.45, 7) is 1.90. The Morgan fingerprint density at radius 2 is 2.22 bits per heavy atom. The maximum Gasteiger partial charge on any atom is 0.261 e. The fourth-order valence-corrected chi connectivity index (χ4v) is 2.30. The number of hydrogen-bond donors (Lipinski definition) is 0. The number of aromatic nitrogens is 2. The number of aryl methyl sites for hydroxylation is 1. The number of aliphatic carboxylic acids is 1. The number of carbonyl (C=O) groups excluding carboxylic acids is 1. The number of fused-ring (bicyclic) bond motifs is 1. The van der Waals surface area contributed by atoms with E-state index in [2.05, 4.69) is 4.98 Å². The van der Waals surface area contributed by atoms with E-state index >= 15 is 0 Å². The highest BCUT2D eigenvalue weighted by Gasteiger charge is 2.08. The van der Waals surface area contributed by atoms with Gasteiger partial charge in [0.25, 0.3) is 5.56 Å². The SMILES string of the molecule is Cc1ccc2nc(SCC(=O)[O-])n(C)c(=O)c2c1. The van der Waals surface area contributed by atoms with Crippen molar-refractivity contribution >= 4 is 28.6 Å². The Hall–Kier alpha value is -1.82. The number of rotatable bonds is 3.